The van der Waals surface area contributed by atoms with Crippen LogP contribution in [-0.2, 0) is 0 Å². The zero-order valence-electron chi connectivity index (χ0n) is 16.9. The van der Waals surface area contributed by atoms with E-state index in [4.69, 9.17) is 21.1 Å². The van der Waals surface area contributed by atoms with E-state index in [0.29, 0.717) is 46.9 Å². The molecule has 2 aromatic rings. The molecular formula is C21H26ClN3O4. The Balaban J connectivity index is 1.62. The van der Waals surface area contributed by atoms with Crippen molar-refractivity contribution in [2.75, 3.05) is 6.54 Å². The SMILES string of the molecule is CC(C)(C)C1CC(Oc2cc3c(Cl)ncnc3cc2OC2CC2)CCN1C(=O)O. The standard InChI is InChI=1S/C21H26ClN3O4/c1-21(2,3)18-8-13(6-7-25(18)20(26)27)29-16-9-14-15(23-11-24-19(14)22)10-17(16)28-12-4-5-12/h9-13,18H,4-8H2,1-3H3,(H,26,27). The third-order valence-corrected chi connectivity index (χ3v) is 5.86. The molecule has 1 aromatic carbocycles. The Morgan fingerprint density at radius 1 is 1.14 bits per heavy atom. The molecule has 156 valence electrons. The molecule has 1 aliphatic carbocycles. The molecule has 0 spiro atoms. The molecule has 1 saturated carbocycles. The first-order valence-corrected chi connectivity index (χ1v) is 10.4. The summed E-state index contributed by atoms with van der Waals surface area (Å²) < 4.78 is 12.4. The van der Waals surface area contributed by atoms with Gasteiger partial charge < -0.3 is 19.5 Å². The topological polar surface area (TPSA) is 84.8 Å². The van der Waals surface area contributed by atoms with Crippen LogP contribution >= 0.6 is 11.6 Å². The molecule has 2 aliphatic rings. The maximum atomic E-state index is 11.7. The van der Waals surface area contributed by atoms with E-state index in [1.165, 1.54) is 11.2 Å². The van der Waals surface area contributed by atoms with Crippen LogP contribution in [0.3, 0.4) is 0 Å². The van der Waals surface area contributed by atoms with Gasteiger partial charge in [-0.3, -0.25) is 0 Å². The average molecular weight is 420 g/mol. The van der Waals surface area contributed by atoms with E-state index in [9.17, 15) is 9.90 Å². The molecule has 1 aliphatic heterocycles. The minimum Gasteiger partial charge on any atom is -0.486 e. The van der Waals surface area contributed by atoms with Gasteiger partial charge in [0.25, 0.3) is 0 Å². The number of halogens is 1. The van der Waals surface area contributed by atoms with Crippen molar-refractivity contribution in [3.8, 4) is 11.5 Å². The Morgan fingerprint density at radius 3 is 2.48 bits per heavy atom. The van der Waals surface area contributed by atoms with Gasteiger partial charge in [0, 0.05) is 36.9 Å². The van der Waals surface area contributed by atoms with Crippen LogP contribution in [0, 0.1) is 5.41 Å². The molecule has 2 atom stereocenters. The summed E-state index contributed by atoms with van der Waals surface area (Å²) in [6.45, 7) is 6.62. The van der Waals surface area contributed by atoms with Crippen molar-refractivity contribution in [1.82, 2.24) is 14.9 Å². The van der Waals surface area contributed by atoms with E-state index < -0.39 is 6.09 Å². The average Bonchev–Trinajstić information content (AvgIpc) is 3.46. The molecular weight excluding hydrogens is 394 g/mol. The minimum absolute atomic E-state index is 0.114. The van der Waals surface area contributed by atoms with Gasteiger partial charge in [-0.15, -0.1) is 0 Å². The number of piperidine rings is 1. The Morgan fingerprint density at radius 2 is 1.83 bits per heavy atom. The van der Waals surface area contributed by atoms with Gasteiger partial charge in [-0.1, -0.05) is 32.4 Å². The number of aromatic nitrogens is 2. The number of amides is 1. The van der Waals surface area contributed by atoms with Gasteiger partial charge in [0.2, 0.25) is 0 Å². The lowest BCUT2D eigenvalue weighted by atomic mass is 9.80. The summed E-state index contributed by atoms with van der Waals surface area (Å²) in [5, 5.41) is 10.7. The fourth-order valence-electron chi connectivity index (χ4n) is 3.85. The zero-order chi connectivity index (χ0) is 20.8. The Hall–Kier alpha value is -2.28. The molecule has 1 amide bonds. The number of rotatable bonds is 4. The lowest BCUT2D eigenvalue weighted by Gasteiger charge is -2.44. The van der Waals surface area contributed by atoms with Crippen LogP contribution in [0.5, 0.6) is 11.5 Å². The summed E-state index contributed by atoms with van der Waals surface area (Å²) in [5.74, 6) is 1.27. The van der Waals surface area contributed by atoms with Gasteiger partial charge in [0.05, 0.1) is 11.6 Å². The molecule has 2 fully saturated rings. The van der Waals surface area contributed by atoms with Crippen LogP contribution in [0.25, 0.3) is 10.9 Å². The largest absolute Gasteiger partial charge is 0.486 e. The van der Waals surface area contributed by atoms with Crippen LogP contribution < -0.4 is 9.47 Å². The van der Waals surface area contributed by atoms with Gasteiger partial charge in [0.15, 0.2) is 11.5 Å². The van der Waals surface area contributed by atoms with Crippen molar-refractivity contribution in [2.45, 2.75) is 64.7 Å². The van der Waals surface area contributed by atoms with Crippen molar-refractivity contribution in [1.29, 1.82) is 0 Å². The fourth-order valence-corrected chi connectivity index (χ4v) is 4.05. The molecule has 4 rings (SSSR count). The summed E-state index contributed by atoms with van der Waals surface area (Å²) >= 11 is 6.26. The molecule has 2 unspecified atom stereocenters. The summed E-state index contributed by atoms with van der Waals surface area (Å²) in [5.41, 5.74) is 0.523. The molecule has 0 radical (unpaired) electrons. The van der Waals surface area contributed by atoms with E-state index in [2.05, 4.69) is 30.7 Å². The van der Waals surface area contributed by atoms with Crippen molar-refractivity contribution in [3.05, 3.63) is 23.6 Å². The van der Waals surface area contributed by atoms with Gasteiger partial charge in [-0.2, -0.15) is 0 Å². The monoisotopic (exact) mass is 419 g/mol. The van der Waals surface area contributed by atoms with Crippen LogP contribution in [0.2, 0.25) is 5.15 Å². The summed E-state index contributed by atoms with van der Waals surface area (Å²) in [4.78, 5) is 21.6. The minimum atomic E-state index is -0.879. The molecule has 0 bridgehead atoms. The number of fused-ring (bicyclic) bond motifs is 1. The summed E-state index contributed by atoms with van der Waals surface area (Å²) in [6, 6.07) is 3.56. The highest BCUT2D eigenvalue weighted by molar-refractivity contribution is 6.34. The quantitative estimate of drug-likeness (QED) is 0.719. The molecule has 29 heavy (non-hydrogen) atoms. The predicted octanol–water partition coefficient (Wildman–Crippen LogP) is 4.76. The highest BCUT2D eigenvalue weighted by Crippen LogP contribution is 2.40. The van der Waals surface area contributed by atoms with Crippen LogP contribution in [0.15, 0.2) is 18.5 Å². The number of nitrogens with zero attached hydrogens (tertiary/aromatic N) is 3. The van der Waals surface area contributed by atoms with Gasteiger partial charge >= 0.3 is 6.09 Å². The number of carboxylic acid groups (broad SMARTS) is 1. The van der Waals surface area contributed by atoms with Crippen molar-refractivity contribution in [2.24, 2.45) is 5.41 Å². The number of carbonyl (C=O) groups is 1. The third-order valence-electron chi connectivity index (χ3n) is 5.56. The molecule has 7 nitrogen and oxygen atoms in total. The number of likely N-dealkylation sites (tertiary alicyclic amines) is 1. The van der Waals surface area contributed by atoms with Crippen molar-refractivity contribution in [3.63, 3.8) is 0 Å². The highest BCUT2D eigenvalue weighted by Gasteiger charge is 2.39. The van der Waals surface area contributed by atoms with E-state index in [1.807, 2.05) is 12.1 Å². The van der Waals surface area contributed by atoms with E-state index in [0.717, 1.165) is 12.8 Å². The van der Waals surface area contributed by atoms with Crippen molar-refractivity contribution >= 4 is 28.6 Å². The van der Waals surface area contributed by atoms with Crippen molar-refractivity contribution < 1.29 is 19.4 Å². The number of ether oxygens (including phenoxy) is 2. The van der Waals surface area contributed by atoms with Gasteiger partial charge in [-0.25, -0.2) is 14.8 Å². The van der Waals surface area contributed by atoms with Gasteiger partial charge in [0.1, 0.15) is 17.6 Å². The maximum Gasteiger partial charge on any atom is 0.407 e. The lowest BCUT2D eigenvalue weighted by Crippen LogP contribution is -2.53. The van der Waals surface area contributed by atoms with E-state index >= 15 is 0 Å². The lowest BCUT2D eigenvalue weighted by molar-refractivity contribution is 0.0121. The predicted molar refractivity (Wildman–Crippen MR) is 110 cm³/mol. The molecule has 2 heterocycles. The number of hydrogen-bond acceptors (Lipinski definition) is 5. The first-order chi connectivity index (χ1) is 13.7. The fraction of sp³-hybridized carbons (Fsp3) is 0.571. The Labute approximate surface area is 175 Å². The van der Waals surface area contributed by atoms with Crippen LogP contribution in [0.4, 0.5) is 4.79 Å². The second kappa shape index (κ2) is 7.52. The van der Waals surface area contributed by atoms with E-state index in [-0.39, 0.29) is 23.7 Å². The Kier molecular flexibility index (Phi) is 5.19. The molecule has 1 aromatic heterocycles. The van der Waals surface area contributed by atoms with Crippen LogP contribution in [-0.4, -0.2) is 50.9 Å². The number of hydrogen-bond donors (Lipinski definition) is 1. The first kappa shape index (κ1) is 20.0. The highest BCUT2D eigenvalue weighted by atomic mass is 35.5. The third kappa shape index (κ3) is 4.34. The van der Waals surface area contributed by atoms with E-state index in [1.54, 1.807) is 0 Å². The molecule has 1 N–H and O–H groups in total. The first-order valence-electron chi connectivity index (χ1n) is 9.99. The smallest absolute Gasteiger partial charge is 0.407 e. The Bertz CT molecular complexity index is 926. The molecule has 1 saturated heterocycles. The van der Waals surface area contributed by atoms with Gasteiger partial charge in [-0.05, 0) is 24.3 Å². The second-order valence-electron chi connectivity index (χ2n) is 8.92. The summed E-state index contributed by atoms with van der Waals surface area (Å²) in [6.07, 6.45) is 3.96. The normalized spacial score (nSPS) is 22.6. The molecule has 8 heteroatoms. The maximum absolute atomic E-state index is 11.7. The second-order valence-corrected chi connectivity index (χ2v) is 9.28. The zero-order valence-corrected chi connectivity index (χ0v) is 17.6. The van der Waals surface area contributed by atoms with Crippen LogP contribution in [0.1, 0.15) is 46.5 Å². The number of benzene rings is 1. The summed E-state index contributed by atoms with van der Waals surface area (Å²) in [7, 11) is 0.